The highest BCUT2D eigenvalue weighted by atomic mass is 32.2. The number of hydrogen-bond donors (Lipinski definition) is 1. The summed E-state index contributed by atoms with van der Waals surface area (Å²) in [6.07, 6.45) is 0.718. The summed E-state index contributed by atoms with van der Waals surface area (Å²) in [5, 5.41) is 19.2. The van der Waals surface area contributed by atoms with Gasteiger partial charge in [-0.1, -0.05) is 11.8 Å². The third-order valence-corrected chi connectivity index (χ3v) is 4.78. The second-order valence-electron chi connectivity index (χ2n) is 5.81. The standard InChI is InChI=1S/C18H18FN5O4S/c19-13-2-6-16(7-3-13)28-12-17-21-22-18(23(17)20)29-11-1-10-27-15-8-4-14(5-9-15)24(25)26/h2-9H,1,10-12,20H2. The Hall–Kier alpha value is -3.34. The Morgan fingerprint density at radius 2 is 1.72 bits per heavy atom. The fourth-order valence-electron chi connectivity index (χ4n) is 2.26. The maximum atomic E-state index is 12.9. The second-order valence-corrected chi connectivity index (χ2v) is 6.87. The molecule has 11 heteroatoms. The number of ether oxygens (including phenoxy) is 2. The molecule has 0 aliphatic carbocycles. The Balaban J connectivity index is 1.39. The lowest BCUT2D eigenvalue weighted by Crippen LogP contribution is -2.16. The molecule has 0 radical (unpaired) electrons. The van der Waals surface area contributed by atoms with E-state index in [1.165, 1.54) is 52.8 Å². The van der Waals surface area contributed by atoms with Gasteiger partial charge in [0, 0.05) is 17.9 Å². The average Bonchev–Trinajstić information content (AvgIpc) is 3.07. The molecule has 152 valence electrons. The fraction of sp³-hybridized carbons (Fsp3) is 0.222. The van der Waals surface area contributed by atoms with Gasteiger partial charge in [-0.25, -0.2) is 9.07 Å². The lowest BCUT2D eigenvalue weighted by Gasteiger charge is -2.07. The van der Waals surface area contributed by atoms with Crippen LogP contribution in [0.2, 0.25) is 0 Å². The van der Waals surface area contributed by atoms with E-state index in [1.807, 2.05) is 0 Å². The minimum absolute atomic E-state index is 0.0226. The Morgan fingerprint density at radius 3 is 2.41 bits per heavy atom. The van der Waals surface area contributed by atoms with Crippen molar-refractivity contribution in [1.82, 2.24) is 14.9 Å². The zero-order chi connectivity index (χ0) is 20.6. The molecule has 0 saturated heterocycles. The Kier molecular flexibility index (Phi) is 6.85. The predicted octanol–water partition coefficient (Wildman–Crippen LogP) is 3.18. The van der Waals surface area contributed by atoms with Crippen molar-refractivity contribution in [2.75, 3.05) is 18.2 Å². The normalized spacial score (nSPS) is 10.7. The first-order chi connectivity index (χ1) is 14.0. The molecule has 29 heavy (non-hydrogen) atoms. The van der Waals surface area contributed by atoms with E-state index < -0.39 is 4.92 Å². The molecular formula is C18H18FN5O4S. The summed E-state index contributed by atoms with van der Waals surface area (Å²) in [6, 6.07) is 11.6. The summed E-state index contributed by atoms with van der Waals surface area (Å²) < 4.78 is 25.3. The van der Waals surface area contributed by atoms with Gasteiger partial charge in [0.2, 0.25) is 5.16 Å². The van der Waals surface area contributed by atoms with Crippen LogP contribution in [-0.4, -0.2) is 32.2 Å². The quantitative estimate of drug-likeness (QED) is 0.175. The van der Waals surface area contributed by atoms with E-state index in [4.69, 9.17) is 15.3 Å². The van der Waals surface area contributed by atoms with Gasteiger partial charge in [0.25, 0.3) is 5.69 Å². The minimum atomic E-state index is -0.456. The van der Waals surface area contributed by atoms with Gasteiger partial charge in [-0.05, 0) is 42.8 Å². The summed E-state index contributed by atoms with van der Waals surface area (Å²) in [7, 11) is 0. The largest absolute Gasteiger partial charge is 0.494 e. The number of thioether (sulfide) groups is 1. The van der Waals surface area contributed by atoms with Crippen LogP contribution in [0.25, 0.3) is 0 Å². The van der Waals surface area contributed by atoms with Crippen LogP contribution >= 0.6 is 11.8 Å². The lowest BCUT2D eigenvalue weighted by atomic mass is 10.3. The Bertz CT molecular complexity index is 950. The smallest absolute Gasteiger partial charge is 0.269 e. The summed E-state index contributed by atoms with van der Waals surface area (Å²) in [4.78, 5) is 10.2. The number of benzene rings is 2. The van der Waals surface area contributed by atoms with E-state index in [0.29, 0.717) is 34.8 Å². The van der Waals surface area contributed by atoms with E-state index in [1.54, 1.807) is 12.1 Å². The molecule has 3 rings (SSSR count). The number of rotatable bonds is 10. The number of non-ortho nitro benzene ring substituents is 1. The molecule has 0 bridgehead atoms. The van der Waals surface area contributed by atoms with E-state index in [0.717, 1.165) is 6.42 Å². The van der Waals surface area contributed by atoms with Gasteiger partial charge < -0.3 is 15.3 Å². The van der Waals surface area contributed by atoms with Crippen LogP contribution in [0.15, 0.2) is 53.7 Å². The van der Waals surface area contributed by atoms with Gasteiger partial charge in [-0.2, -0.15) is 0 Å². The average molecular weight is 419 g/mol. The van der Waals surface area contributed by atoms with Crippen molar-refractivity contribution >= 4 is 17.4 Å². The Morgan fingerprint density at radius 1 is 1.07 bits per heavy atom. The fourth-order valence-corrected chi connectivity index (χ4v) is 3.05. The highest BCUT2D eigenvalue weighted by Gasteiger charge is 2.11. The maximum absolute atomic E-state index is 12.9. The number of halogens is 1. The van der Waals surface area contributed by atoms with Gasteiger partial charge in [0.1, 0.15) is 23.9 Å². The topological polar surface area (TPSA) is 118 Å². The molecule has 2 N–H and O–H groups in total. The van der Waals surface area contributed by atoms with Crippen molar-refractivity contribution in [3.05, 3.63) is 70.3 Å². The highest BCUT2D eigenvalue weighted by molar-refractivity contribution is 7.99. The number of hydrogen-bond acceptors (Lipinski definition) is 8. The number of aromatic nitrogens is 3. The van der Waals surface area contributed by atoms with Crippen LogP contribution in [0.4, 0.5) is 10.1 Å². The number of nitrogens with zero attached hydrogens (tertiary/aromatic N) is 4. The predicted molar refractivity (Wildman–Crippen MR) is 105 cm³/mol. The van der Waals surface area contributed by atoms with Gasteiger partial charge in [0.15, 0.2) is 5.82 Å². The van der Waals surface area contributed by atoms with Gasteiger partial charge in [0.05, 0.1) is 11.5 Å². The molecule has 0 amide bonds. The summed E-state index contributed by atoms with van der Waals surface area (Å²) >= 11 is 1.42. The van der Waals surface area contributed by atoms with Crippen molar-refractivity contribution in [3.8, 4) is 11.5 Å². The third-order valence-electron chi connectivity index (χ3n) is 3.75. The molecule has 3 aromatic rings. The molecule has 1 heterocycles. The number of nitro benzene ring substituents is 1. The summed E-state index contributed by atoms with van der Waals surface area (Å²) in [6.45, 7) is 0.559. The monoisotopic (exact) mass is 419 g/mol. The van der Waals surface area contributed by atoms with Crippen LogP contribution in [0.3, 0.4) is 0 Å². The van der Waals surface area contributed by atoms with E-state index >= 15 is 0 Å². The van der Waals surface area contributed by atoms with E-state index in [-0.39, 0.29) is 18.1 Å². The first kappa shape index (κ1) is 20.4. The van der Waals surface area contributed by atoms with Gasteiger partial charge >= 0.3 is 0 Å². The van der Waals surface area contributed by atoms with Crippen LogP contribution in [-0.2, 0) is 6.61 Å². The van der Waals surface area contributed by atoms with Crippen LogP contribution < -0.4 is 15.3 Å². The molecule has 0 aliphatic heterocycles. The second kappa shape index (κ2) is 9.73. The molecule has 1 aromatic heterocycles. The number of nitro groups is 1. The van der Waals surface area contributed by atoms with Gasteiger partial charge in [-0.15, -0.1) is 10.2 Å². The van der Waals surface area contributed by atoms with Crippen molar-refractivity contribution in [2.45, 2.75) is 18.2 Å². The van der Waals surface area contributed by atoms with E-state index in [9.17, 15) is 14.5 Å². The lowest BCUT2D eigenvalue weighted by molar-refractivity contribution is -0.384. The van der Waals surface area contributed by atoms with Crippen molar-refractivity contribution in [1.29, 1.82) is 0 Å². The molecule has 0 unspecified atom stereocenters. The third kappa shape index (κ3) is 5.82. The van der Waals surface area contributed by atoms with Crippen molar-refractivity contribution in [3.63, 3.8) is 0 Å². The number of nitrogen functional groups attached to an aromatic ring is 1. The van der Waals surface area contributed by atoms with Crippen LogP contribution in [0.5, 0.6) is 11.5 Å². The van der Waals surface area contributed by atoms with Crippen molar-refractivity contribution < 1.29 is 18.8 Å². The van der Waals surface area contributed by atoms with Gasteiger partial charge in [-0.3, -0.25) is 10.1 Å². The zero-order valence-electron chi connectivity index (χ0n) is 15.2. The summed E-state index contributed by atoms with van der Waals surface area (Å²) in [5.41, 5.74) is 0.0226. The molecular weight excluding hydrogens is 401 g/mol. The molecule has 0 spiro atoms. The molecule has 0 saturated carbocycles. The molecule has 0 atom stereocenters. The first-order valence-electron chi connectivity index (χ1n) is 8.61. The number of nitrogens with two attached hydrogens (primary N) is 1. The Labute approximate surface area is 169 Å². The molecule has 0 aliphatic rings. The summed E-state index contributed by atoms with van der Waals surface area (Å²) in [5.74, 6) is 7.86. The van der Waals surface area contributed by atoms with E-state index in [2.05, 4.69) is 10.2 Å². The van der Waals surface area contributed by atoms with Crippen molar-refractivity contribution in [2.24, 2.45) is 0 Å². The molecule has 2 aromatic carbocycles. The molecule has 0 fully saturated rings. The van der Waals surface area contributed by atoms with Crippen LogP contribution in [0, 0.1) is 15.9 Å². The minimum Gasteiger partial charge on any atom is -0.494 e. The van der Waals surface area contributed by atoms with Crippen LogP contribution in [0.1, 0.15) is 12.2 Å². The zero-order valence-corrected chi connectivity index (χ0v) is 16.0. The highest BCUT2D eigenvalue weighted by Crippen LogP contribution is 2.19. The molecule has 9 nitrogen and oxygen atoms in total. The first-order valence-corrected chi connectivity index (χ1v) is 9.59. The maximum Gasteiger partial charge on any atom is 0.269 e. The SMILES string of the molecule is Nn1c(COc2ccc(F)cc2)nnc1SCCCOc1ccc([N+](=O)[O-])cc1.